The first-order valence-corrected chi connectivity index (χ1v) is 15.0. The van der Waals surface area contributed by atoms with Crippen molar-refractivity contribution >= 4 is 32.2 Å². The Morgan fingerprint density at radius 3 is 2.49 bits per heavy atom. The number of methoxy groups -OCH3 is 1. The van der Waals surface area contributed by atoms with Crippen molar-refractivity contribution in [3.05, 3.63) is 40.4 Å². The number of thiazole rings is 1. The molecular weight excluding hydrogens is 482 g/mol. The molecule has 0 unspecified atom stereocenters. The second kappa shape index (κ2) is 11.1. The number of nitrogens with zero attached hydrogens (tertiary/aromatic N) is 2. The molecule has 0 spiro atoms. The van der Waals surface area contributed by atoms with Gasteiger partial charge in [-0.15, -0.1) is 11.3 Å². The van der Waals surface area contributed by atoms with Crippen molar-refractivity contribution in [1.29, 1.82) is 0 Å². The number of anilines is 1. The van der Waals surface area contributed by atoms with Gasteiger partial charge in [-0.2, -0.15) is 0 Å². The molecule has 1 aliphatic carbocycles. The lowest BCUT2D eigenvalue weighted by atomic mass is 9.86. The fraction of sp³-hybridized carbons (Fsp3) is 0.615. The third kappa shape index (κ3) is 6.13. The highest BCUT2D eigenvalue weighted by molar-refractivity contribution is 7.91. The van der Waals surface area contributed by atoms with E-state index in [0.29, 0.717) is 23.1 Å². The third-order valence-corrected chi connectivity index (χ3v) is 9.99. The zero-order valence-corrected chi connectivity index (χ0v) is 22.8. The van der Waals surface area contributed by atoms with E-state index < -0.39 is 9.84 Å². The summed E-state index contributed by atoms with van der Waals surface area (Å²) in [5.74, 6) is 1.06. The molecular formula is C26H37N3O4S2. The Kier molecular flexibility index (Phi) is 8.30. The Hall–Kier alpha value is -1.81. The number of fused-ring (bicyclic) bond motifs is 1. The van der Waals surface area contributed by atoms with Gasteiger partial charge >= 0.3 is 0 Å². The monoisotopic (exact) mass is 519 g/mol. The molecule has 9 heteroatoms. The molecule has 35 heavy (non-hydrogen) atoms. The largest absolute Gasteiger partial charge is 0.381 e. The highest BCUT2D eigenvalue weighted by Gasteiger charge is 2.37. The summed E-state index contributed by atoms with van der Waals surface area (Å²) in [6.45, 7) is 8.10. The summed E-state index contributed by atoms with van der Waals surface area (Å²) in [7, 11) is -1.42. The van der Waals surface area contributed by atoms with Gasteiger partial charge in [0.1, 0.15) is 0 Å². The van der Waals surface area contributed by atoms with Crippen molar-refractivity contribution in [2.24, 2.45) is 11.8 Å². The van der Waals surface area contributed by atoms with Gasteiger partial charge in [0.15, 0.2) is 15.0 Å². The number of rotatable bonds is 9. The zero-order chi connectivity index (χ0) is 25.2. The standard InChI is InChI=1S/C26H37N3O4S2/c1-5-35(31,32)21-12-8-18(9-13-21)14-23(30)27-26-28-24-22(34-26)16-29(25(24)17(2)3)15-19-6-10-20(33-4)11-7-19/h8-9,12-13,17,19-20,25H,5-7,10-11,14-16H2,1-4H3,(H,27,28,30)/t19?,20?,25-/m0/s1. The Balaban J connectivity index is 1.36. The number of benzene rings is 1. The van der Waals surface area contributed by atoms with E-state index in [0.717, 1.165) is 37.2 Å². The molecule has 1 fully saturated rings. The maximum absolute atomic E-state index is 12.7. The van der Waals surface area contributed by atoms with Crippen molar-refractivity contribution in [2.75, 3.05) is 24.7 Å². The van der Waals surface area contributed by atoms with Crippen molar-refractivity contribution in [2.45, 2.75) is 76.5 Å². The molecule has 0 radical (unpaired) electrons. The number of hydrogen-bond acceptors (Lipinski definition) is 7. The molecule has 0 bridgehead atoms. The Bertz CT molecular complexity index is 1120. The maximum Gasteiger partial charge on any atom is 0.230 e. The summed E-state index contributed by atoms with van der Waals surface area (Å²) in [5.41, 5.74) is 1.89. The molecule has 2 aliphatic rings. The molecule has 1 aromatic carbocycles. The molecule has 1 N–H and O–H groups in total. The molecule has 192 valence electrons. The number of aromatic nitrogens is 1. The van der Waals surface area contributed by atoms with Crippen molar-refractivity contribution in [3.63, 3.8) is 0 Å². The van der Waals surface area contributed by atoms with Crippen molar-refractivity contribution in [1.82, 2.24) is 9.88 Å². The van der Waals surface area contributed by atoms with E-state index in [1.165, 1.54) is 17.7 Å². The second-order valence-electron chi connectivity index (χ2n) is 10.1. The maximum atomic E-state index is 12.7. The highest BCUT2D eigenvalue weighted by Crippen LogP contribution is 2.43. The third-order valence-electron chi connectivity index (χ3n) is 7.27. The van der Waals surface area contributed by atoms with Gasteiger partial charge in [-0.05, 0) is 55.2 Å². The minimum absolute atomic E-state index is 0.0608. The number of carbonyl (C=O) groups is 1. The lowest BCUT2D eigenvalue weighted by molar-refractivity contribution is -0.115. The average molecular weight is 520 g/mol. The van der Waals surface area contributed by atoms with Crippen molar-refractivity contribution in [3.8, 4) is 0 Å². The average Bonchev–Trinajstić information content (AvgIpc) is 3.36. The van der Waals surface area contributed by atoms with Crippen LogP contribution in [0, 0.1) is 11.8 Å². The van der Waals surface area contributed by atoms with Crippen LogP contribution in [0.15, 0.2) is 29.2 Å². The first-order chi connectivity index (χ1) is 16.7. The Labute approximate surface area is 213 Å². The van der Waals surface area contributed by atoms with Gasteiger partial charge in [0.2, 0.25) is 5.91 Å². The van der Waals surface area contributed by atoms with Crippen molar-refractivity contribution < 1.29 is 17.9 Å². The fourth-order valence-electron chi connectivity index (χ4n) is 5.34. The lowest BCUT2D eigenvalue weighted by Crippen LogP contribution is -2.34. The van der Waals surface area contributed by atoms with Gasteiger partial charge in [0.05, 0.1) is 34.9 Å². The van der Waals surface area contributed by atoms with Gasteiger partial charge < -0.3 is 10.1 Å². The van der Waals surface area contributed by atoms with Crippen LogP contribution in [0.3, 0.4) is 0 Å². The number of nitrogens with one attached hydrogen (secondary N) is 1. The minimum atomic E-state index is -3.24. The molecule has 4 rings (SSSR count). The summed E-state index contributed by atoms with van der Waals surface area (Å²) in [6.07, 6.45) is 5.33. The minimum Gasteiger partial charge on any atom is -0.381 e. The number of carbonyl (C=O) groups excluding carboxylic acids is 1. The Morgan fingerprint density at radius 1 is 1.20 bits per heavy atom. The van der Waals surface area contributed by atoms with Crippen LogP contribution in [0.5, 0.6) is 0 Å². The van der Waals surface area contributed by atoms with E-state index in [-0.39, 0.29) is 29.0 Å². The SMILES string of the molecule is CCS(=O)(=O)c1ccc(CC(=O)Nc2nc3c(s2)CN(CC2CCC(OC)CC2)[C@H]3C(C)C)cc1. The molecule has 0 saturated heterocycles. The van der Waals surface area contributed by atoms with E-state index in [1.807, 2.05) is 7.11 Å². The Morgan fingerprint density at radius 2 is 1.89 bits per heavy atom. The van der Waals surface area contributed by atoms with E-state index in [4.69, 9.17) is 9.72 Å². The van der Waals surface area contributed by atoms with Crippen LogP contribution in [0.1, 0.15) is 68.6 Å². The van der Waals surface area contributed by atoms with Gasteiger partial charge in [-0.25, -0.2) is 13.4 Å². The quantitative estimate of drug-likeness (QED) is 0.510. The summed E-state index contributed by atoms with van der Waals surface area (Å²) >= 11 is 1.58. The van der Waals surface area contributed by atoms with Crippen LogP contribution in [0.2, 0.25) is 0 Å². The number of sulfone groups is 1. The molecule has 2 aromatic rings. The number of hydrogen-bond donors (Lipinski definition) is 1. The molecule has 7 nitrogen and oxygen atoms in total. The molecule has 1 saturated carbocycles. The van der Waals surface area contributed by atoms with Crippen LogP contribution in [-0.2, 0) is 32.3 Å². The second-order valence-corrected chi connectivity index (χ2v) is 13.5. The fourth-order valence-corrected chi connectivity index (χ4v) is 7.27. The van der Waals surface area contributed by atoms with Crippen LogP contribution in [0.25, 0.3) is 0 Å². The first kappa shape index (κ1) is 26.3. The van der Waals surface area contributed by atoms with Gasteiger partial charge in [0.25, 0.3) is 0 Å². The van der Waals surface area contributed by atoms with Crippen LogP contribution in [0.4, 0.5) is 5.13 Å². The van der Waals surface area contributed by atoms with E-state index in [9.17, 15) is 13.2 Å². The van der Waals surface area contributed by atoms with Crippen LogP contribution < -0.4 is 5.32 Å². The summed E-state index contributed by atoms with van der Waals surface area (Å²) in [6, 6.07) is 6.83. The predicted octanol–water partition coefficient (Wildman–Crippen LogP) is 4.84. The van der Waals surface area contributed by atoms with E-state index in [1.54, 1.807) is 42.5 Å². The first-order valence-electron chi connectivity index (χ1n) is 12.6. The highest BCUT2D eigenvalue weighted by atomic mass is 32.2. The van der Waals surface area contributed by atoms with Crippen LogP contribution in [-0.4, -0.2) is 49.7 Å². The number of amides is 1. The summed E-state index contributed by atoms with van der Waals surface area (Å²) in [4.78, 5) is 21.6. The molecule has 1 aliphatic heterocycles. The molecule has 1 amide bonds. The van der Waals surface area contributed by atoms with Gasteiger partial charge in [-0.3, -0.25) is 9.69 Å². The van der Waals surface area contributed by atoms with E-state index >= 15 is 0 Å². The van der Waals surface area contributed by atoms with E-state index in [2.05, 4.69) is 24.1 Å². The smallest absolute Gasteiger partial charge is 0.230 e. The zero-order valence-electron chi connectivity index (χ0n) is 21.1. The topological polar surface area (TPSA) is 88.6 Å². The normalized spacial score (nSPS) is 22.9. The van der Waals surface area contributed by atoms with Crippen LogP contribution >= 0.6 is 11.3 Å². The lowest BCUT2D eigenvalue weighted by Gasteiger charge is -2.34. The number of ether oxygens (including phenoxy) is 1. The predicted molar refractivity (Wildman–Crippen MR) is 139 cm³/mol. The van der Waals surface area contributed by atoms with Gasteiger partial charge in [-0.1, -0.05) is 32.9 Å². The molecule has 2 heterocycles. The van der Waals surface area contributed by atoms with Gasteiger partial charge in [0, 0.05) is 25.1 Å². The molecule has 1 atom stereocenters. The summed E-state index contributed by atoms with van der Waals surface area (Å²) in [5, 5.41) is 3.61. The summed E-state index contributed by atoms with van der Waals surface area (Å²) < 4.78 is 29.5. The molecule has 1 aromatic heterocycles.